The molecule has 1 aliphatic rings. The fraction of sp³-hybridized carbons (Fsp3) is 0.692. The highest BCUT2D eigenvalue weighted by molar-refractivity contribution is 5.34. The summed E-state index contributed by atoms with van der Waals surface area (Å²) in [4.78, 5) is 11.0. The van der Waals surface area contributed by atoms with Crippen molar-refractivity contribution >= 4 is 5.95 Å². The van der Waals surface area contributed by atoms with E-state index in [1.807, 2.05) is 25.2 Å². The second-order valence-corrected chi connectivity index (χ2v) is 5.23. The molecule has 0 aliphatic heterocycles. The number of hydrogen-bond acceptors (Lipinski definition) is 4. The molecule has 2 rings (SSSR count). The summed E-state index contributed by atoms with van der Waals surface area (Å²) in [7, 11) is 3.96. The van der Waals surface area contributed by atoms with Gasteiger partial charge >= 0.3 is 0 Å². The second-order valence-electron chi connectivity index (χ2n) is 5.23. The monoisotopic (exact) mass is 234 g/mol. The van der Waals surface area contributed by atoms with E-state index in [9.17, 15) is 0 Å². The lowest BCUT2D eigenvalue weighted by molar-refractivity contribution is 0.418. The highest BCUT2D eigenvalue weighted by Gasteiger charge is 2.22. The predicted molar refractivity (Wildman–Crippen MR) is 70.3 cm³/mol. The maximum Gasteiger partial charge on any atom is 0.225 e. The van der Waals surface area contributed by atoms with E-state index < -0.39 is 0 Å². The molecular weight excluding hydrogens is 212 g/mol. The van der Waals surface area contributed by atoms with Crippen LogP contribution in [0, 0.1) is 0 Å². The minimum atomic E-state index is 0.426. The van der Waals surface area contributed by atoms with E-state index in [0.29, 0.717) is 12.1 Å². The van der Waals surface area contributed by atoms with Gasteiger partial charge < -0.3 is 10.2 Å². The van der Waals surface area contributed by atoms with Crippen molar-refractivity contribution in [2.24, 2.45) is 0 Å². The predicted octanol–water partition coefficient (Wildman–Crippen LogP) is 1.92. The zero-order chi connectivity index (χ0) is 12.4. The molecule has 1 heterocycles. The van der Waals surface area contributed by atoms with Gasteiger partial charge in [0, 0.05) is 37.9 Å². The lowest BCUT2D eigenvalue weighted by atomic mass is 9.92. The Kier molecular flexibility index (Phi) is 3.62. The fourth-order valence-corrected chi connectivity index (χ4v) is 2.33. The molecule has 17 heavy (non-hydrogen) atoms. The molecule has 94 valence electrons. The zero-order valence-electron chi connectivity index (χ0n) is 11.2. The van der Waals surface area contributed by atoms with Gasteiger partial charge in [-0.25, -0.2) is 9.97 Å². The molecule has 1 aromatic heterocycles. The lowest BCUT2D eigenvalue weighted by Crippen LogP contribution is -2.31. The van der Waals surface area contributed by atoms with Gasteiger partial charge in [-0.2, -0.15) is 0 Å². The molecule has 0 saturated heterocycles. The summed E-state index contributed by atoms with van der Waals surface area (Å²) in [5, 5.41) is 3.59. The van der Waals surface area contributed by atoms with Crippen molar-refractivity contribution in [1.82, 2.24) is 15.3 Å². The molecule has 0 radical (unpaired) electrons. The van der Waals surface area contributed by atoms with Crippen molar-refractivity contribution in [2.45, 2.75) is 45.2 Å². The van der Waals surface area contributed by atoms with Gasteiger partial charge in [0.2, 0.25) is 5.95 Å². The molecule has 0 amide bonds. The molecule has 0 bridgehead atoms. The second kappa shape index (κ2) is 5.00. The average molecular weight is 234 g/mol. The van der Waals surface area contributed by atoms with E-state index in [4.69, 9.17) is 0 Å². The lowest BCUT2D eigenvalue weighted by Gasteiger charge is -2.27. The molecule has 1 atom stereocenters. The summed E-state index contributed by atoms with van der Waals surface area (Å²) in [5.74, 6) is 0.814. The number of nitrogens with one attached hydrogen (secondary N) is 1. The van der Waals surface area contributed by atoms with Crippen molar-refractivity contribution < 1.29 is 0 Å². The Bertz CT molecular complexity index is 387. The van der Waals surface area contributed by atoms with E-state index >= 15 is 0 Å². The number of aromatic nitrogens is 2. The van der Waals surface area contributed by atoms with Crippen LogP contribution in [0.2, 0.25) is 0 Å². The topological polar surface area (TPSA) is 41.1 Å². The molecule has 0 saturated carbocycles. The van der Waals surface area contributed by atoms with E-state index in [1.165, 1.54) is 24.1 Å². The standard InChI is InChI=1S/C13H22N4/c1-9(2)15-11-6-5-7-12-10(11)8-14-13(16-12)17(3)4/h8-9,11,15H,5-7H2,1-4H3. The fourth-order valence-electron chi connectivity index (χ4n) is 2.33. The van der Waals surface area contributed by atoms with E-state index in [-0.39, 0.29) is 0 Å². The molecule has 0 fully saturated rings. The van der Waals surface area contributed by atoms with Gasteiger partial charge in [-0.1, -0.05) is 13.8 Å². The number of nitrogens with zero attached hydrogens (tertiary/aromatic N) is 3. The molecule has 0 spiro atoms. The van der Waals surface area contributed by atoms with Gasteiger partial charge in [-0.05, 0) is 19.3 Å². The van der Waals surface area contributed by atoms with Crippen molar-refractivity contribution in [3.63, 3.8) is 0 Å². The first-order chi connectivity index (χ1) is 8.08. The Morgan fingerprint density at radius 1 is 1.41 bits per heavy atom. The summed E-state index contributed by atoms with van der Waals surface area (Å²) in [6.07, 6.45) is 5.48. The van der Waals surface area contributed by atoms with Gasteiger partial charge in [0.05, 0.1) is 5.69 Å². The van der Waals surface area contributed by atoms with Crippen LogP contribution in [0.15, 0.2) is 6.20 Å². The van der Waals surface area contributed by atoms with Crippen LogP contribution >= 0.6 is 0 Å². The normalized spacial score (nSPS) is 19.2. The third-order valence-corrected chi connectivity index (χ3v) is 3.10. The number of fused-ring (bicyclic) bond motifs is 1. The van der Waals surface area contributed by atoms with Gasteiger partial charge in [0.15, 0.2) is 0 Å². The van der Waals surface area contributed by atoms with Crippen molar-refractivity contribution in [2.75, 3.05) is 19.0 Å². The summed E-state index contributed by atoms with van der Waals surface area (Å²) in [6.45, 7) is 4.37. The number of aryl methyl sites for hydroxylation is 1. The Labute approximate surface area is 103 Å². The summed E-state index contributed by atoms with van der Waals surface area (Å²) in [6, 6.07) is 0.925. The number of anilines is 1. The molecule has 4 heteroatoms. The maximum atomic E-state index is 4.65. The van der Waals surface area contributed by atoms with Gasteiger partial charge in [-0.15, -0.1) is 0 Å². The largest absolute Gasteiger partial charge is 0.347 e. The molecule has 4 nitrogen and oxygen atoms in total. The van der Waals surface area contributed by atoms with Crippen molar-refractivity contribution in [3.8, 4) is 0 Å². The van der Waals surface area contributed by atoms with Gasteiger partial charge in [0.1, 0.15) is 0 Å². The average Bonchev–Trinajstić information content (AvgIpc) is 2.28. The molecular formula is C13H22N4. The Morgan fingerprint density at radius 2 is 2.18 bits per heavy atom. The minimum absolute atomic E-state index is 0.426. The first-order valence-corrected chi connectivity index (χ1v) is 6.37. The highest BCUT2D eigenvalue weighted by Crippen LogP contribution is 2.29. The summed E-state index contributed by atoms with van der Waals surface area (Å²) in [5.41, 5.74) is 2.50. The van der Waals surface area contributed by atoms with Crippen LogP contribution in [0.4, 0.5) is 5.95 Å². The van der Waals surface area contributed by atoms with Crippen LogP contribution in [-0.2, 0) is 6.42 Å². The Hall–Kier alpha value is -1.16. The highest BCUT2D eigenvalue weighted by atomic mass is 15.2. The van der Waals surface area contributed by atoms with Crippen LogP contribution in [0.3, 0.4) is 0 Å². The molecule has 1 aliphatic carbocycles. The van der Waals surface area contributed by atoms with Crippen LogP contribution < -0.4 is 10.2 Å². The SMILES string of the molecule is CC(C)NC1CCCc2nc(N(C)C)ncc21. The van der Waals surface area contributed by atoms with Crippen LogP contribution in [-0.4, -0.2) is 30.1 Å². The smallest absolute Gasteiger partial charge is 0.225 e. The summed E-state index contributed by atoms with van der Waals surface area (Å²) >= 11 is 0. The Balaban J connectivity index is 2.27. The number of hydrogen-bond donors (Lipinski definition) is 1. The van der Waals surface area contributed by atoms with Crippen LogP contribution in [0.25, 0.3) is 0 Å². The first-order valence-electron chi connectivity index (χ1n) is 6.37. The molecule has 1 N–H and O–H groups in total. The van der Waals surface area contributed by atoms with Crippen LogP contribution in [0.5, 0.6) is 0 Å². The third-order valence-electron chi connectivity index (χ3n) is 3.10. The first kappa shape index (κ1) is 12.3. The van der Waals surface area contributed by atoms with E-state index in [0.717, 1.165) is 12.4 Å². The Morgan fingerprint density at radius 3 is 2.82 bits per heavy atom. The number of rotatable bonds is 3. The zero-order valence-corrected chi connectivity index (χ0v) is 11.2. The van der Waals surface area contributed by atoms with Crippen molar-refractivity contribution in [3.05, 3.63) is 17.5 Å². The maximum absolute atomic E-state index is 4.65. The van der Waals surface area contributed by atoms with Crippen LogP contribution in [0.1, 0.15) is 44.0 Å². The quantitative estimate of drug-likeness (QED) is 0.867. The minimum Gasteiger partial charge on any atom is -0.347 e. The van der Waals surface area contributed by atoms with E-state index in [1.54, 1.807) is 0 Å². The summed E-state index contributed by atoms with van der Waals surface area (Å²) < 4.78 is 0. The molecule has 0 aromatic carbocycles. The van der Waals surface area contributed by atoms with Crippen molar-refractivity contribution in [1.29, 1.82) is 0 Å². The van der Waals surface area contributed by atoms with E-state index in [2.05, 4.69) is 29.1 Å². The third kappa shape index (κ3) is 2.75. The van der Waals surface area contributed by atoms with Gasteiger partial charge in [0.25, 0.3) is 0 Å². The molecule has 1 aromatic rings. The van der Waals surface area contributed by atoms with Gasteiger partial charge in [-0.3, -0.25) is 0 Å². The molecule has 1 unspecified atom stereocenters.